The molecular formula is C14H22N2OS. The van der Waals surface area contributed by atoms with Gasteiger partial charge in [-0.15, -0.1) is 11.3 Å². The Morgan fingerprint density at radius 3 is 2.83 bits per heavy atom. The number of likely N-dealkylation sites (N-methyl/N-ethyl adjacent to an activating group) is 1. The molecule has 1 saturated heterocycles. The molecule has 0 spiro atoms. The van der Waals surface area contributed by atoms with Crippen LogP contribution in [0, 0.1) is 0 Å². The Bertz CT molecular complexity index is 416. The van der Waals surface area contributed by atoms with Crippen LogP contribution in [0.3, 0.4) is 0 Å². The average Bonchev–Trinajstić information content (AvgIpc) is 2.78. The van der Waals surface area contributed by atoms with Crippen molar-refractivity contribution in [2.24, 2.45) is 5.73 Å². The van der Waals surface area contributed by atoms with E-state index in [0.29, 0.717) is 6.42 Å². The minimum absolute atomic E-state index is 0.0692. The van der Waals surface area contributed by atoms with Crippen LogP contribution >= 0.6 is 11.3 Å². The second-order valence-corrected chi connectivity index (χ2v) is 6.04. The van der Waals surface area contributed by atoms with Crippen molar-refractivity contribution in [1.82, 2.24) is 4.90 Å². The number of nitrogens with two attached hydrogens (primary N) is 1. The minimum atomic E-state index is 0.0692. The third kappa shape index (κ3) is 2.59. The summed E-state index contributed by atoms with van der Waals surface area (Å²) in [6.07, 6.45) is 3.54. The van der Waals surface area contributed by atoms with Gasteiger partial charge in [0.05, 0.1) is 6.04 Å². The number of hydrogen-bond acceptors (Lipinski definition) is 3. The third-order valence-corrected chi connectivity index (χ3v) is 4.95. The van der Waals surface area contributed by atoms with Crippen LogP contribution in [0.1, 0.15) is 48.9 Å². The van der Waals surface area contributed by atoms with E-state index in [1.54, 1.807) is 11.3 Å². The highest BCUT2D eigenvalue weighted by atomic mass is 32.1. The lowest BCUT2D eigenvalue weighted by molar-refractivity contribution is -0.132. The highest BCUT2D eigenvalue weighted by Gasteiger charge is 2.32. The topological polar surface area (TPSA) is 46.3 Å². The summed E-state index contributed by atoms with van der Waals surface area (Å²) in [5.74, 6) is 0.252. The molecule has 0 saturated carbocycles. The van der Waals surface area contributed by atoms with E-state index in [0.717, 1.165) is 25.8 Å². The largest absolute Gasteiger partial charge is 0.334 e. The van der Waals surface area contributed by atoms with Crippen LogP contribution in [-0.4, -0.2) is 23.4 Å². The molecule has 2 atom stereocenters. The number of amides is 1. The first-order valence-electron chi connectivity index (χ1n) is 6.81. The Hall–Kier alpha value is -0.870. The van der Waals surface area contributed by atoms with Gasteiger partial charge in [-0.05, 0) is 38.3 Å². The van der Waals surface area contributed by atoms with E-state index >= 15 is 0 Å². The van der Waals surface area contributed by atoms with Crippen LogP contribution in [0.4, 0.5) is 0 Å². The van der Waals surface area contributed by atoms with Crippen LogP contribution in [0.15, 0.2) is 12.1 Å². The first-order chi connectivity index (χ1) is 8.67. The molecule has 1 aromatic heterocycles. The molecular weight excluding hydrogens is 244 g/mol. The molecule has 1 aliphatic heterocycles. The molecule has 18 heavy (non-hydrogen) atoms. The van der Waals surface area contributed by atoms with E-state index in [4.69, 9.17) is 5.73 Å². The van der Waals surface area contributed by atoms with Gasteiger partial charge in [-0.2, -0.15) is 0 Å². The van der Waals surface area contributed by atoms with Gasteiger partial charge >= 0.3 is 0 Å². The number of carbonyl (C=O) groups is 1. The summed E-state index contributed by atoms with van der Waals surface area (Å²) in [6.45, 7) is 4.94. The predicted octanol–water partition coefficient (Wildman–Crippen LogP) is 2.71. The number of likely N-dealkylation sites (tertiary alicyclic amines) is 1. The number of carbonyl (C=O) groups excluding carboxylic acids is 1. The summed E-state index contributed by atoms with van der Waals surface area (Å²) >= 11 is 1.80. The van der Waals surface area contributed by atoms with Crippen molar-refractivity contribution in [1.29, 1.82) is 0 Å². The molecule has 2 unspecified atom stereocenters. The minimum Gasteiger partial charge on any atom is -0.334 e. The van der Waals surface area contributed by atoms with Gasteiger partial charge in [0.2, 0.25) is 5.91 Å². The Morgan fingerprint density at radius 1 is 1.44 bits per heavy atom. The van der Waals surface area contributed by atoms with Gasteiger partial charge in [-0.1, -0.05) is 6.92 Å². The zero-order valence-electron chi connectivity index (χ0n) is 11.2. The zero-order valence-corrected chi connectivity index (χ0v) is 12.0. The van der Waals surface area contributed by atoms with Gasteiger partial charge in [-0.25, -0.2) is 0 Å². The van der Waals surface area contributed by atoms with Crippen molar-refractivity contribution in [3.63, 3.8) is 0 Å². The van der Waals surface area contributed by atoms with Crippen molar-refractivity contribution in [3.05, 3.63) is 21.9 Å². The Kier molecular flexibility index (Phi) is 4.40. The fourth-order valence-corrected chi connectivity index (χ4v) is 3.80. The van der Waals surface area contributed by atoms with E-state index in [1.807, 2.05) is 11.8 Å². The molecule has 0 bridgehead atoms. The van der Waals surface area contributed by atoms with E-state index < -0.39 is 0 Å². The fraction of sp³-hybridized carbons (Fsp3) is 0.643. The summed E-state index contributed by atoms with van der Waals surface area (Å²) in [6, 6.07) is 4.46. The van der Waals surface area contributed by atoms with Gasteiger partial charge in [0.1, 0.15) is 0 Å². The zero-order chi connectivity index (χ0) is 13.1. The molecule has 1 amide bonds. The van der Waals surface area contributed by atoms with Crippen molar-refractivity contribution >= 4 is 17.2 Å². The van der Waals surface area contributed by atoms with Gasteiger partial charge < -0.3 is 10.6 Å². The first kappa shape index (κ1) is 13.6. The van der Waals surface area contributed by atoms with E-state index in [1.165, 1.54) is 9.75 Å². The maximum absolute atomic E-state index is 12.1. The van der Waals surface area contributed by atoms with Gasteiger partial charge in [0.15, 0.2) is 0 Å². The number of hydrogen-bond donors (Lipinski definition) is 1. The number of rotatable bonds is 3. The second kappa shape index (κ2) is 5.85. The van der Waals surface area contributed by atoms with Crippen molar-refractivity contribution in [2.45, 2.75) is 51.6 Å². The maximum Gasteiger partial charge on any atom is 0.223 e. The lowest BCUT2D eigenvalue weighted by Gasteiger charge is -2.32. The molecule has 2 heterocycles. The van der Waals surface area contributed by atoms with Crippen LogP contribution in [0.2, 0.25) is 0 Å². The Morgan fingerprint density at radius 2 is 2.22 bits per heavy atom. The number of nitrogens with zero attached hydrogens (tertiary/aromatic N) is 1. The lowest BCUT2D eigenvalue weighted by atomic mass is 10.0. The van der Waals surface area contributed by atoms with E-state index in [2.05, 4.69) is 19.1 Å². The molecule has 2 rings (SSSR count). The smallest absolute Gasteiger partial charge is 0.223 e. The highest BCUT2D eigenvalue weighted by Crippen LogP contribution is 2.34. The first-order valence-corrected chi connectivity index (χ1v) is 7.62. The standard InChI is InChI=1S/C14H22N2OS/c1-3-10-8-9-12(18-10)14-11(15)6-5-7-13(17)16(14)4-2/h8-9,11,14H,3-7,15H2,1-2H3. The summed E-state index contributed by atoms with van der Waals surface area (Å²) in [7, 11) is 0. The van der Waals surface area contributed by atoms with Gasteiger partial charge in [-0.3, -0.25) is 4.79 Å². The molecule has 0 aliphatic carbocycles. The quantitative estimate of drug-likeness (QED) is 0.914. The predicted molar refractivity (Wildman–Crippen MR) is 75.7 cm³/mol. The molecule has 1 aliphatic rings. The molecule has 100 valence electrons. The Labute approximate surface area is 113 Å². The van der Waals surface area contributed by atoms with Crippen LogP contribution < -0.4 is 5.73 Å². The lowest BCUT2D eigenvalue weighted by Crippen LogP contribution is -2.41. The number of aryl methyl sites for hydroxylation is 1. The molecule has 3 nitrogen and oxygen atoms in total. The molecule has 0 aromatic carbocycles. The second-order valence-electron chi connectivity index (χ2n) is 4.84. The summed E-state index contributed by atoms with van der Waals surface area (Å²) < 4.78 is 0. The molecule has 2 N–H and O–H groups in total. The van der Waals surface area contributed by atoms with E-state index in [-0.39, 0.29) is 18.0 Å². The third-order valence-electron chi connectivity index (χ3n) is 3.65. The fourth-order valence-electron chi connectivity index (χ4n) is 2.66. The van der Waals surface area contributed by atoms with E-state index in [9.17, 15) is 4.79 Å². The van der Waals surface area contributed by atoms with Crippen LogP contribution in [-0.2, 0) is 11.2 Å². The highest BCUT2D eigenvalue weighted by molar-refractivity contribution is 7.12. The van der Waals surface area contributed by atoms with Gasteiger partial charge in [0, 0.05) is 28.8 Å². The molecule has 1 aromatic rings. The maximum atomic E-state index is 12.1. The molecule has 0 radical (unpaired) electrons. The van der Waals surface area contributed by atoms with Crippen molar-refractivity contribution in [3.8, 4) is 0 Å². The SMILES string of the molecule is CCc1ccc(C2C(N)CCCC(=O)N2CC)s1. The summed E-state index contributed by atoms with van der Waals surface area (Å²) in [4.78, 5) is 16.7. The normalized spacial score (nSPS) is 25.3. The van der Waals surface area contributed by atoms with Gasteiger partial charge in [0.25, 0.3) is 0 Å². The summed E-state index contributed by atoms with van der Waals surface area (Å²) in [5, 5.41) is 0. The average molecular weight is 266 g/mol. The number of thiophene rings is 1. The monoisotopic (exact) mass is 266 g/mol. The van der Waals surface area contributed by atoms with Crippen LogP contribution in [0.25, 0.3) is 0 Å². The van der Waals surface area contributed by atoms with Crippen molar-refractivity contribution < 1.29 is 4.79 Å². The van der Waals surface area contributed by atoms with Crippen molar-refractivity contribution in [2.75, 3.05) is 6.54 Å². The molecule has 4 heteroatoms. The Balaban J connectivity index is 2.32. The summed E-state index contributed by atoms with van der Waals surface area (Å²) in [5.41, 5.74) is 6.30. The molecule has 1 fully saturated rings. The van der Waals surface area contributed by atoms with Crippen LogP contribution in [0.5, 0.6) is 0 Å².